The lowest BCUT2D eigenvalue weighted by molar-refractivity contribution is 0.476. The first-order chi connectivity index (χ1) is 11.3. The fraction of sp³-hybridized carbons (Fsp3) is 0.333. The summed E-state index contributed by atoms with van der Waals surface area (Å²) in [7, 11) is 0. The molecule has 118 valence electrons. The lowest BCUT2D eigenvalue weighted by Crippen LogP contribution is -2.38. The Morgan fingerprint density at radius 3 is 3.13 bits per heavy atom. The Hall–Kier alpha value is -2.61. The van der Waals surface area contributed by atoms with Gasteiger partial charge in [-0.15, -0.1) is 0 Å². The van der Waals surface area contributed by atoms with Gasteiger partial charge in [0, 0.05) is 25.0 Å². The second-order valence-corrected chi connectivity index (χ2v) is 5.54. The van der Waals surface area contributed by atoms with Gasteiger partial charge in [0.25, 0.3) is 0 Å². The number of hydrogen-bond donors (Lipinski definition) is 2. The van der Waals surface area contributed by atoms with Crippen molar-refractivity contribution in [2.75, 3.05) is 18.4 Å². The first-order valence-corrected chi connectivity index (χ1v) is 7.59. The highest BCUT2D eigenvalue weighted by molar-refractivity contribution is 5.75. The zero-order valence-electron chi connectivity index (χ0n) is 12.4. The number of nitrogens with one attached hydrogen (secondary N) is 2. The zero-order chi connectivity index (χ0) is 15.6. The van der Waals surface area contributed by atoms with E-state index in [1.807, 2.05) is 0 Å². The standard InChI is InChI=1S/C15H16FN7/c16-12-8-19-14(11-7-20-23-5-4-18-9-13(11)23)22-15(12)21-10-2-1-3-17-6-10/h4-5,7-10,17H,1-3,6H2,(H,19,21,22)/t10-/m1/s1. The van der Waals surface area contributed by atoms with E-state index in [1.54, 1.807) is 29.3 Å². The van der Waals surface area contributed by atoms with E-state index in [9.17, 15) is 4.39 Å². The molecule has 7 nitrogen and oxygen atoms in total. The number of fused-ring (bicyclic) bond motifs is 1. The fourth-order valence-electron chi connectivity index (χ4n) is 2.77. The first-order valence-electron chi connectivity index (χ1n) is 7.59. The minimum Gasteiger partial charge on any atom is -0.364 e. The topological polar surface area (TPSA) is 80.0 Å². The molecule has 8 heteroatoms. The molecule has 0 aliphatic carbocycles. The molecule has 4 heterocycles. The Morgan fingerprint density at radius 1 is 1.30 bits per heavy atom. The second-order valence-electron chi connectivity index (χ2n) is 5.54. The molecule has 0 amide bonds. The van der Waals surface area contributed by atoms with Gasteiger partial charge in [-0.3, -0.25) is 4.98 Å². The van der Waals surface area contributed by atoms with Crippen LogP contribution in [-0.2, 0) is 0 Å². The molecule has 1 aliphatic rings. The van der Waals surface area contributed by atoms with Crippen molar-refractivity contribution in [2.45, 2.75) is 18.9 Å². The summed E-state index contributed by atoms with van der Waals surface area (Å²) in [4.78, 5) is 12.5. The van der Waals surface area contributed by atoms with E-state index in [2.05, 4.69) is 30.7 Å². The third kappa shape index (κ3) is 2.72. The summed E-state index contributed by atoms with van der Waals surface area (Å²) in [5.41, 5.74) is 1.51. The molecule has 23 heavy (non-hydrogen) atoms. The number of anilines is 1. The molecule has 1 fully saturated rings. The highest BCUT2D eigenvalue weighted by atomic mass is 19.1. The minimum absolute atomic E-state index is 0.173. The van der Waals surface area contributed by atoms with E-state index in [0.717, 1.165) is 37.0 Å². The van der Waals surface area contributed by atoms with E-state index in [0.29, 0.717) is 5.82 Å². The molecule has 2 N–H and O–H groups in total. The van der Waals surface area contributed by atoms with Gasteiger partial charge >= 0.3 is 0 Å². The Bertz CT molecular complexity index is 826. The molecule has 0 saturated carbocycles. The van der Waals surface area contributed by atoms with Gasteiger partial charge in [-0.05, 0) is 19.4 Å². The van der Waals surface area contributed by atoms with Crippen LogP contribution in [0.4, 0.5) is 10.2 Å². The van der Waals surface area contributed by atoms with E-state index >= 15 is 0 Å². The largest absolute Gasteiger partial charge is 0.364 e. The van der Waals surface area contributed by atoms with E-state index in [1.165, 1.54) is 6.20 Å². The van der Waals surface area contributed by atoms with Crippen molar-refractivity contribution in [3.63, 3.8) is 0 Å². The molecular formula is C15H16FN7. The number of nitrogens with zero attached hydrogens (tertiary/aromatic N) is 5. The maximum absolute atomic E-state index is 14.0. The third-order valence-electron chi connectivity index (χ3n) is 3.95. The van der Waals surface area contributed by atoms with Crippen molar-refractivity contribution < 1.29 is 4.39 Å². The zero-order valence-corrected chi connectivity index (χ0v) is 12.4. The first kappa shape index (κ1) is 14.0. The van der Waals surface area contributed by atoms with Crippen LogP contribution in [0.2, 0.25) is 0 Å². The van der Waals surface area contributed by atoms with Gasteiger partial charge in [-0.2, -0.15) is 5.10 Å². The van der Waals surface area contributed by atoms with Gasteiger partial charge in [0.15, 0.2) is 17.5 Å². The van der Waals surface area contributed by atoms with Crippen molar-refractivity contribution in [3.8, 4) is 11.4 Å². The predicted octanol–water partition coefficient (Wildman–Crippen LogP) is 1.49. The molecule has 3 aromatic heterocycles. The van der Waals surface area contributed by atoms with E-state index in [4.69, 9.17) is 0 Å². The van der Waals surface area contributed by atoms with Crippen LogP contribution in [0, 0.1) is 5.82 Å². The molecule has 1 saturated heterocycles. The average Bonchev–Trinajstić information content (AvgIpc) is 3.02. The smallest absolute Gasteiger partial charge is 0.183 e. The SMILES string of the molecule is Fc1cnc(-c2cnn3ccncc23)nc1N[C@@H]1CCCNC1. The minimum atomic E-state index is -0.450. The number of hydrogen-bond acceptors (Lipinski definition) is 6. The van der Waals surface area contributed by atoms with Crippen LogP contribution in [0.3, 0.4) is 0 Å². The highest BCUT2D eigenvalue weighted by Gasteiger charge is 2.17. The molecule has 0 unspecified atom stereocenters. The number of piperidine rings is 1. The molecule has 0 aromatic carbocycles. The van der Waals surface area contributed by atoms with Crippen LogP contribution >= 0.6 is 0 Å². The normalized spacial score (nSPS) is 18.2. The molecule has 3 aromatic rings. The lowest BCUT2D eigenvalue weighted by Gasteiger charge is -2.24. The van der Waals surface area contributed by atoms with Gasteiger partial charge < -0.3 is 10.6 Å². The second kappa shape index (κ2) is 5.88. The molecule has 1 aliphatic heterocycles. The van der Waals surface area contributed by atoms with Crippen molar-refractivity contribution >= 4 is 11.3 Å². The predicted molar refractivity (Wildman–Crippen MR) is 83.5 cm³/mol. The van der Waals surface area contributed by atoms with E-state index in [-0.39, 0.29) is 11.9 Å². The van der Waals surface area contributed by atoms with Crippen LogP contribution in [0.5, 0.6) is 0 Å². The molecule has 0 bridgehead atoms. The Balaban J connectivity index is 1.68. The molecular weight excluding hydrogens is 297 g/mol. The number of halogens is 1. The molecule has 1 atom stereocenters. The van der Waals surface area contributed by atoms with Gasteiger partial charge in [0.05, 0.1) is 29.7 Å². The van der Waals surface area contributed by atoms with Gasteiger partial charge in [-0.25, -0.2) is 18.9 Å². The van der Waals surface area contributed by atoms with Crippen LogP contribution < -0.4 is 10.6 Å². The summed E-state index contributed by atoms with van der Waals surface area (Å²) in [5, 5.41) is 10.7. The maximum atomic E-state index is 14.0. The summed E-state index contributed by atoms with van der Waals surface area (Å²) in [6, 6.07) is 0.173. The van der Waals surface area contributed by atoms with Crippen molar-refractivity contribution in [1.29, 1.82) is 0 Å². The monoisotopic (exact) mass is 313 g/mol. The quantitative estimate of drug-likeness (QED) is 0.762. The van der Waals surface area contributed by atoms with Gasteiger partial charge in [0.2, 0.25) is 0 Å². The van der Waals surface area contributed by atoms with Crippen LogP contribution in [0.15, 0.2) is 31.0 Å². The molecule has 4 rings (SSSR count). The number of rotatable bonds is 3. The van der Waals surface area contributed by atoms with Crippen LogP contribution in [0.25, 0.3) is 16.9 Å². The summed E-state index contributed by atoms with van der Waals surface area (Å²) >= 11 is 0. The Labute approximate surface area is 132 Å². The van der Waals surface area contributed by atoms with Crippen molar-refractivity contribution in [2.24, 2.45) is 0 Å². The van der Waals surface area contributed by atoms with Crippen LogP contribution in [-0.4, -0.2) is 43.7 Å². The third-order valence-corrected chi connectivity index (χ3v) is 3.95. The summed E-state index contributed by atoms with van der Waals surface area (Å²) in [6.45, 7) is 1.81. The van der Waals surface area contributed by atoms with E-state index < -0.39 is 5.82 Å². The average molecular weight is 313 g/mol. The van der Waals surface area contributed by atoms with Gasteiger partial charge in [0.1, 0.15) is 0 Å². The molecule has 0 radical (unpaired) electrons. The van der Waals surface area contributed by atoms with Crippen LogP contribution in [0.1, 0.15) is 12.8 Å². The lowest BCUT2D eigenvalue weighted by atomic mass is 10.1. The Morgan fingerprint density at radius 2 is 2.26 bits per heavy atom. The highest BCUT2D eigenvalue weighted by Crippen LogP contribution is 2.23. The summed E-state index contributed by atoms with van der Waals surface area (Å²) < 4.78 is 15.7. The Kier molecular flexibility index (Phi) is 3.58. The number of aromatic nitrogens is 5. The maximum Gasteiger partial charge on any atom is 0.183 e. The summed E-state index contributed by atoms with van der Waals surface area (Å²) in [6.07, 6.45) is 10.0. The summed E-state index contributed by atoms with van der Waals surface area (Å²) in [5.74, 6) is 0.210. The fourth-order valence-corrected chi connectivity index (χ4v) is 2.77. The van der Waals surface area contributed by atoms with Gasteiger partial charge in [-0.1, -0.05) is 0 Å². The molecule has 0 spiro atoms. The van der Waals surface area contributed by atoms with Crippen molar-refractivity contribution in [3.05, 3.63) is 36.8 Å². The van der Waals surface area contributed by atoms with Crippen molar-refractivity contribution in [1.82, 2.24) is 29.9 Å².